The third-order valence-electron chi connectivity index (χ3n) is 6.10. The van der Waals surface area contributed by atoms with Crippen LogP contribution in [0.15, 0.2) is 18.2 Å². The highest BCUT2D eigenvalue weighted by Crippen LogP contribution is 2.51. The van der Waals surface area contributed by atoms with Crippen LogP contribution in [0.3, 0.4) is 0 Å². The normalized spacial score (nSPS) is 25.3. The lowest BCUT2D eigenvalue weighted by atomic mass is 9.81. The molecule has 2 aliphatic heterocycles. The first-order chi connectivity index (χ1) is 12.6. The molecule has 148 valence electrons. The number of nitrogens with one attached hydrogen (secondary N) is 1. The quantitative estimate of drug-likeness (QED) is 0.823. The van der Waals surface area contributed by atoms with E-state index in [-0.39, 0.29) is 17.9 Å². The fraction of sp³-hybridized carbons (Fsp3) is 0.600. The van der Waals surface area contributed by atoms with Gasteiger partial charge < -0.3 is 20.1 Å². The molecule has 3 rings (SSSR count). The molecule has 1 unspecified atom stereocenters. The van der Waals surface area contributed by atoms with Crippen LogP contribution >= 0.6 is 0 Å². The molecule has 0 aromatic heterocycles. The van der Waals surface area contributed by atoms with Crippen LogP contribution in [0, 0.1) is 11.8 Å². The fourth-order valence-electron chi connectivity index (χ4n) is 4.56. The van der Waals surface area contributed by atoms with E-state index in [1.165, 1.54) is 5.56 Å². The Morgan fingerprint density at radius 2 is 2.07 bits per heavy atom. The number of carboxylic acid groups (broad SMARTS) is 1. The summed E-state index contributed by atoms with van der Waals surface area (Å²) in [7, 11) is 4.23. The maximum absolute atomic E-state index is 12.1. The average Bonchev–Trinajstić information content (AvgIpc) is 3.00. The van der Waals surface area contributed by atoms with Crippen LogP contribution in [0.2, 0.25) is 0 Å². The van der Waals surface area contributed by atoms with Crippen LogP contribution in [0.4, 0.5) is 10.5 Å². The Bertz CT molecular complexity index is 751. The predicted molar refractivity (Wildman–Crippen MR) is 103 cm³/mol. The topological polar surface area (TPSA) is 82.1 Å². The summed E-state index contributed by atoms with van der Waals surface area (Å²) in [4.78, 5) is 28.0. The number of benzene rings is 1. The van der Waals surface area contributed by atoms with Gasteiger partial charge in [-0.25, -0.2) is 4.79 Å². The standard InChI is InChI=1S/C20H29N3O4/c1-12(2)14(17(24)25)11-21-19(26)27-13-6-7-16-15(10-13)20(3)8-9-22(4)18(20)23(16)5/h6-7,10,12,14,18H,8-9,11H2,1-5H3,(H,21,26)(H,24,25)/t14?,18-,20+/m1/s1. The molecule has 2 heterocycles. The van der Waals surface area contributed by atoms with Gasteiger partial charge in [-0.2, -0.15) is 0 Å². The molecule has 3 atom stereocenters. The number of ether oxygens (including phenoxy) is 1. The second-order valence-corrected chi connectivity index (χ2v) is 8.27. The van der Waals surface area contributed by atoms with E-state index in [0.29, 0.717) is 11.9 Å². The largest absolute Gasteiger partial charge is 0.481 e. The van der Waals surface area contributed by atoms with Crippen molar-refractivity contribution in [2.75, 3.05) is 32.1 Å². The van der Waals surface area contributed by atoms with Crippen molar-refractivity contribution in [2.24, 2.45) is 11.8 Å². The number of aliphatic carboxylic acids is 1. The Kier molecular flexibility index (Phi) is 5.08. The van der Waals surface area contributed by atoms with Crippen LogP contribution in [0.1, 0.15) is 32.8 Å². The summed E-state index contributed by atoms with van der Waals surface area (Å²) in [6, 6.07) is 5.72. The SMILES string of the molecule is CC(C)C(CNC(=O)Oc1ccc2c(c1)[C@]1(C)CCN(C)[C@@H]1N2C)C(=O)O. The Morgan fingerprint density at radius 3 is 2.70 bits per heavy atom. The van der Waals surface area contributed by atoms with Crippen LogP contribution < -0.4 is 15.0 Å². The zero-order valence-electron chi connectivity index (χ0n) is 16.7. The van der Waals surface area contributed by atoms with Gasteiger partial charge in [0.25, 0.3) is 0 Å². The van der Waals surface area contributed by atoms with Gasteiger partial charge in [-0.15, -0.1) is 0 Å². The van der Waals surface area contributed by atoms with E-state index >= 15 is 0 Å². The number of likely N-dealkylation sites (N-methyl/N-ethyl adjacent to an activating group) is 2. The second kappa shape index (κ2) is 7.03. The van der Waals surface area contributed by atoms with Gasteiger partial charge >= 0.3 is 12.1 Å². The Hall–Kier alpha value is -2.28. The maximum atomic E-state index is 12.1. The zero-order valence-corrected chi connectivity index (χ0v) is 16.7. The van der Waals surface area contributed by atoms with E-state index in [9.17, 15) is 14.7 Å². The third-order valence-corrected chi connectivity index (χ3v) is 6.10. The van der Waals surface area contributed by atoms with Crippen molar-refractivity contribution in [3.63, 3.8) is 0 Å². The molecule has 0 saturated carbocycles. The maximum Gasteiger partial charge on any atom is 0.412 e. The first-order valence-electron chi connectivity index (χ1n) is 9.41. The fourth-order valence-corrected chi connectivity index (χ4v) is 4.56. The number of fused-ring (bicyclic) bond motifs is 3. The molecule has 7 heteroatoms. The highest BCUT2D eigenvalue weighted by atomic mass is 16.6. The number of anilines is 1. The van der Waals surface area contributed by atoms with Gasteiger partial charge in [0.15, 0.2) is 0 Å². The third kappa shape index (κ3) is 3.36. The number of carboxylic acids is 1. The Labute approximate surface area is 160 Å². The molecule has 1 fully saturated rings. The lowest BCUT2D eigenvalue weighted by Gasteiger charge is -2.32. The smallest absolute Gasteiger partial charge is 0.412 e. The minimum Gasteiger partial charge on any atom is -0.481 e. The summed E-state index contributed by atoms with van der Waals surface area (Å²) in [6.45, 7) is 6.97. The van der Waals surface area contributed by atoms with Crippen LogP contribution in [0.5, 0.6) is 5.75 Å². The molecule has 1 amide bonds. The van der Waals surface area contributed by atoms with Crippen molar-refractivity contribution in [3.8, 4) is 5.75 Å². The monoisotopic (exact) mass is 375 g/mol. The van der Waals surface area contributed by atoms with Gasteiger partial charge in [0.1, 0.15) is 5.75 Å². The number of likely N-dealkylation sites (tertiary alicyclic amines) is 1. The number of hydrogen-bond donors (Lipinski definition) is 2. The average molecular weight is 375 g/mol. The second-order valence-electron chi connectivity index (χ2n) is 8.27. The van der Waals surface area contributed by atoms with E-state index in [4.69, 9.17) is 4.74 Å². The van der Waals surface area contributed by atoms with Crippen LogP contribution in [-0.2, 0) is 10.2 Å². The van der Waals surface area contributed by atoms with Gasteiger partial charge in [-0.3, -0.25) is 9.69 Å². The van der Waals surface area contributed by atoms with Gasteiger partial charge in [-0.05, 0) is 43.1 Å². The van der Waals surface area contributed by atoms with Crippen molar-refractivity contribution < 1.29 is 19.4 Å². The molecule has 0 aliphatic carbocycles. The number of amides is 1. The summed E-state index contributed by atoms with van der Waals surface area (Å²) in [5.41, 5.74) is 2.35. The van der Waals surface area contributed by atoms with E-state index in [1.807, 2.05) is 26.0 Å². The molecule has 2 aliphatic rings. The molecular formula is C20H29N3O4. The molecule has 1 saturated heterocycles. The predicted octanol–water partition coefficient (Wildman–Crippen LogP) is 2.50. The van der Waals surface area contributed by atoms with E-state index in [1.54, 1.807) is 6.07 Å². The summed E-state index contributed by atoms with van der Waals surface area (Å²) in [5, 5.41) is 11.8. The van der Waals surface area contributed by atoms with Gasteiger partial charge in [0.2, 0.25) is 0 Å². The number of hydrogen-bond acceptors (Lipinski definition) is 5. The van der Waals surface area contributed by atoms with E-state index in [0.717, 1.165) is 18.7 Å². The molecule has 0 radical (unpaired) electrons. The summed E-state index contributed by atoms with van der Waals surface area (Å²) in [6.07, 6.45) is 0.730. The number of rotatable bonds is 5. The molecule has 2 N–H and O–H groups in total. The van der Waals surface area contributed by atoms with Crippen LogP contribution in [-0.4, -0.2) is 55.4 Å². The van der Waals surface area contributed by atoms with Crippen molar-refractivity contribution >= 4 is 17.7 Å². The summed E-state index contributed by atoms with van der Waals surface area (Å²) in [5.74, 6) is -1.16. The molecule has 7 nitrogen and oxygen atoms in total. The van der Waals surface area contributed by atoms with Gasteiger partial charge in [-0.1, -0.05) is 20.8 Å². The first-order valence-corrected chi connectivity index (χ1v) is 9.41. The lowest BCUT2D eigenvalue weighted by molar-refractivity contribution is -0.142. The minimum atomic E-state index is -0.921. The Balaban J connectivity index is 1.71. The first kappa shape index (κ1) is 19.5. The van der Waals surface area contributed by atoms with Crippen molar-refractivity contribution in [1.29, 1.82) is 0 Å². The molecule has 0 bridgehead atoms. The Morgan fingerprint density at radius 1 is 1.37 bits per heavy atom. The molecular weight excluding hydrogens is 346 g/mol. The van der Waals surface area contributed by atoms with Gasteiger partial charge in [0, 0.05) is 31.2 Å². The van der Waals surface area contributed by atoms with Crippen molar-refractivity contribution in [1.82, 2.24) is 10.2 Å². The minimum absolute atomic E-state index is 0.000719. The van der Waals surface area contributed by atoms with E-state index < -0.39 is 18.0 Å². The zero-order chi connectivity index (χ0) is 19.9. The number of carbonyl (C=O) groups is 2. The number of carbonyl (C=O) groups excluding carboxylic acids is 1. The van der Waals surface area contributed by atoms with Crippen molar-refractivity contribution in [2.45, 2.75) is 38.8 Å². The molecule has 0 spiro atoms. The summed E-state index contributed by atoms with van der Waals surface area (Å²) >= 11 is 0. The highest BCUT2D eigenvalue weighted by Gasteiger charge is 2.52. The lowest BCUT2D eigenvalue weighted by Crippen LogP contribution is -2.45. The number of nitrogens with zero attached hydrogens (tertiary/aromatic N) is 2. The van der Waals surface area contributed by atoms with Gasteiger partial charge in [0.05, 0.1) is 12.1 Å². The van der Waals surface area contributed by atoms with Crippen LogP contribution in [0.25, 0.3) is 0 Å². The van der Waals surface area contributed by atoms with Crippen molar-refractivity contribution in [3.05, 3.63) is 23.8 Å². The highest BCUT2D eigenvalue weighted by molar-refractivity contribution is 5.74. The van der Waals surface area contributed by atoms with E-state index in [2.05, 4.69) is 36.1 Å². The molecule has 27 heavy (non-hydrogen) atoms. The molecule has 1 aromatic carbocycles. The molecule has 1 aromatic rings. The summed E-state index contributed by atoms with van der Waals surface area (Å²) < 4.78 is 5.43.